The Hall–Kier alpha value is -2.61. The Morgan fingerprint density at radius 2 is 2.20 bits per heavy atom. The van der Waals surface area contributed by atoms with Gasteiger partial charge in [0.1, 0.15) is 12.4 Å². The number of nitrogens with one attached hydrogen (secondary N) is 2. The fraction of sp³-hybridized carbons (Fsp3) is 0.471. The minimum absolute atomic E-state index is 0.0483. The molecule has 1 saturated heterocycles. The minimum atomic E-state index is -0.130. The van der Waals surface area contributed by atoms with E-state index in [1.54, 1.807) is 4.90 Å². The summed E-state index contributed by atoms with van der Waals surface area (Å²) in [6.45, 7) is 5.62. The molecule has 1 fully saturated rings. The van der Waals surface area contributed by atoms with Gasteiger partial charge < -0.3 is 19.7 Å². The maximum Gasteiger partial charge on any atom is 0.318 e. The Kier molecular flexibility index (Phi) is 5.49. The van der Waals surface area contributed by atoms with Crippen LogP contribution in [-0.2, 0) is 17.9 Å². The van der Waals surface area contributed by atoms with Gasteiger partial charge in [0.2, 0.25) is 0 Å². The SMILES string of the molecule is CC1CN(C(=O)NCc2n[nH]c(COc3ccccc3)n2)C(C)CO1. The van der Waals surface area contributed by atoms with Crippen molar-refractivity contribution in [3.8, 4) is 5.75 Å². The van der Waals surface area contributed by atoms with E-state index in [2.05, 4.69) is 20.5 Å². The molecule has 2 heterocycles. The van der Waals surface area contributed by atoms with Crippen molar-refractivity contribution in [1.29, 1.82) is 0 Å². The predicted molar refractivity (Wildman–Crippen MR) is 91.0 cm³/mol. The van der Waals surface area contributed by atoms with Gasteiger partial charge in [0, 0.05) is 6.54 Å². The Balaban J connectivity index is 1.47. The molecule has 0 saturated carbocycles. The summed E-state index contributed by atoms with van der Waals surface area (Å²) in [6, 6.07) is 9.42. The second-order valence-corrected chi connectivity index (χ2v) is 6.10. The van der Waals surface area contributed by atoms with Gasteiger partial charge in [0.25, 0.3) is 0 Å². The zero-order chi connectivity index (χ0) is 17.6. The maximum absolute atomic E-state index is 12.3. The first-order chi connectivity index (χ1) is 12.1. The summed E-state index contributed by atoms with van der Waals surface area (Å²) in [5.41, 5.74) is 0. The van der Waals surface area contributed by atoms with Gasteiger partial charge in [-0.3, -0.25) is 5.10 Å². The first kappa shape index (κ1) is 17.2. The molecule has 25 heavy (non-hydrogen) atoms. The van der Waals surface area contributed by atoms with Crippen LogP contribution < -0.4 is 10.1 Å². The summed E-state index contributed by atoms with van der Waals surface area (Å²) in [6.07, 6.45) is 0.0483. The fourth-order valence-corrected chi connectivity index (χ4v) is 2.59. The van der Waals surface area contributed by atoms with Crippen molar-refractivity contribution < 1.29 is 14.3 Å². The third-order valence-corrected chi connectivity index (χ3v) is 3.96. The van der Waals surface area contributed by atoms with Gasteiger partial charge in [-0.05, 0) is 26.0 Å². The molecule has 8 nitrogen and oxygen atoms in total. The smallest absolute Gasteiger partial charge is 0.318 e. The number of rotatable bonds is 5. The molecular formula is C17H23N5O3. The molecule has 2 unspecified atom stereocenters. The highest BCUT2D eigenvalue weighted by atomic mass is 16.5. The van der Waals surface area contributed by atoms with Gasteiger partial charge in [-0.1, -0.05) is 18.2 Å². The van der Waals surface area contributed by atoms with Gasteiger partial charge in [-0.2, -0.15) is 5.10 Å². The van der Waals surface area contributed by atoms with E-state index in [0.29, 0.717) is 31.4 Å². The number of para-hydroxylation sites is 1. The Morgan fingerprint density at radius 1 is 1.40 bits per heavy atom. The lowest BCUT2D eigenvalue weighted by molar-refractivity contribution is -0.0318. The molecular weight excluding hydrogens is 322 g/mol. The molecule has 3 rings (SSSR count). The molecule has 0 radical (unpaired) electrons. The topological polar surface area (TPSA) is 92.4 Å². The van der Waals surface area contributed by atoms with Crippen LogP contribution in [0.25, 0.3) is 0 Å². The van der Waals surface area contributed by atoms with Crippen molar-refractivity contribution in [2.45, 2.75) is 39.1 Å². The quantitative estimate of drug-likeness (QED) is 0.860. The molecule has 1 aliphatic heterocycles. The second kappa shape index (κ2) is 7.98. The normalized spacial score (nSPS) is 20.3. The third kappa shape index (κ3) is 4.69. The molecule has 134 valence electrons. The summed E-state index contributed by atoms with van der Waals surface area (Å²) in [5, 5.41) is 9.78. The Bertz CT molecular complexity index is 691. The van der Waals surface area contributed by atoms with E-state index >= 15 is 0 Å². The first-order valence-corrected chi connectivity index (χ1v) is 8.36. The van der Waals surface area contributed by atoms with Crippen LogP contribution in [-0.4, -0.2) is 51.4 Å². The highest BCUT2D eigenvalue weighted by molar-refractivity contribution is 5.74. The Morgan fingerprint density at radius 3 is 3.00 bits per heavy atom. The van der Waals surface area contributed by atoms with Gasteiger partial charge in [-0.15, -0.1) is 0 Å². The van der Waals surface area contributed by atoms with Crippen LogP contribution in [0.4, 0.5) is 4.79 Å². The van der Waals surface area contributed by atoms with Crippen LogP contribution in [0.5, 0.6) is 5.75 Å². The second-order valence-electron chi connectivity index (χ2n) is 6.10. The van der Waals surface area contributed by atoms with E-state index in [4.69, 9.17) is 9.47 Å². The number of aromatic amines is 1. The summed E-state index contributed by atoms with van der Waals surface area (Å²) in [7, 11) is 0. The number of carbonyl (C=O) groups is 1. The van der Waals surface area contributed by atoms with E-state index < -0.39 is 0 Å². The summed E-state index contributed by atoms with van der Waals surface area (Å²) >= 11 is 0. The largest absolute Gasteiger partial charge is 0.486 e. The molecule has 1 aromatic heterocycles. The van der Waals surface area contributed by atoms with Crippen molar-refractivity contribution >= 4 is 6.03 Å². The van der Waals surface area contributed by atoms with Crippen LogP contribution in [0.15, 0.2) is 30.3 Å². The molecule has 2 N–H and O–H groups in total. The molecule has 8 heteroatoms. The Labute approximate surface area is 146 Å². The number of aromatic nitrogens is 3. The molecule has 0 aliphatic carbocycles. The lowest BCUT2D eigenvalue weighted by Crippen LogP contribution is -2.53. The highest BCUT2D eigenvalue weighted by Gasteiger charge is 2.27. The molecule has 0 spiro atoms. The van der Waals surface area contributed by atoms with Crippen LogP contribution in [0.3, 0.4) is 0 Å². The number of hydrogen-bond donors (Lipinski definition) is 2. The molecule has 2 amide bonds. The standard InChI is InChI=1S/C17H23N5O3/c1-12-10-24-13(2)9-22(12)17(23)18-8-15-19-16(21-20-15)11-25-14-6-4-3-5-7-14/h3-7,12-13H,8-11H2,1-2H3,(H,18,23)(H,19,20,21). The first-order valence-electron chi connectivity index (χ1n) is 8.36. The van der Waals surface area contributed by atoms with Crippen molar-refractivity contribution in [1.82, 2.24) is 25.4 Å². The van der Waals surface area contributed by atoms with Crippen LogP contribution in [0.1, 0.15) is 25.5 Å². The van der Waals surface area contributed by atoms with E-state index in [0.717, 1.165) is 5.75 Å². The fourth-order valence-electron chi connectivity index (χ4n) is 2.59. The highest BCUT2D eigenvalue weighted by Crippen LogP contribution is 2.12. The summed E-state index contributed by atoms with van der Waals surface area (Å²) < 4.78 is 11.1. The number of ether oxygens (including phenoxy) is 2. The number of hydrogen-bond acceptors (Lipinski definition) is 5. The zero-order valence-corrected chi connectivity index (χ0v) is 14.4. The molecule has 1 aromatic carbocycles. The lowest BCUT2D eigenvalue weighted by atomic mass is 10.2. The number of H-pyrrole nitrogens is 1. The monoisotopic (exact) mass is 345 g/mol. The van der Waals surface area contributed by atoms with Crippen molar-refractivity contribution in [2.24, 2.45) is 0 Å². The van der Waals surface area contributed by atoms with Crippen LogP contribution in [0, 0.1) is 0 Å². The van der Waals surface area contributed by atoms with E-state index in [1.807, 2.05) is 44.2 Å². The number of carbonyl (C=O) groups excluding carboxylic acids is 1. The average Bonchev–Trinajstić information content (AvgIpc) is 3.09. The zero-order valence-electron chi connectivity index (χ0n) is 14.4. The minimum Gasteiger partial charge on any atom is -0.486 e. The number of benzene rings is 1. The van der Waals surface area contributed by atoms with Crippen molar-refractivity contribution in [3.63, 3.8) is 0 Å². The molecule has 0 bridgehead atoms. The summed E-state index contributed by atoms with van der Waals surface area (Å²) in [5.74, 6) is 1.90. The average molecular weight is 345 g/mol. The molecule has 1 aliphatic rings. The van der Waals surface area contributed by atoms with E-state index in [9.17, 15) is 4.79 Å². The molecule has 2 aromatic rings. The predicted octanol–water partition coefficient (Wildman–Crippen LogP) is 1.70. The van der Waals surface area contributed by atoms with Gasteiger partial charge in [0.15, 0.2) is 11.6 Å². The number of nitrogens with zero attached hydrogens (tertiary/aromatic N) is 3. The maximum atomic E-state index is 12.3. The number of urea groups is 1. The van der Waals surface area contributed by atoms with Crippen molar-refractivity contribution in [3.05, 3.63) is 42.0 Å². The lowest BCUT2D eigenvalue weighted by Gasteiger charge is -2.36. The van der Waals surface area contributed by atoms with Gasteiger partial charge in [-0.25, -0.2) is 9.78 Å². The van der Waals surface area contributed by atoms with Gasteiger partial charge >= 0.3 is 6.03 Å². The van der Waals surface area contributed by atoms with Crippen LogP contribution in [0.2, 0.25) is 0 Å². The summed E-state index contributed by atoms with van der Waals surface area (Å²) in [4.78, 5) is 18.4. The molecule has 2 atom stereocenters. The van der Waals surface area contributed by atoms with Gasteiger partial charge in [0.05, 0.1) is 25.3 Å². The number of amides is 2. The third-order valence-electron chi connectivity index (χ3n) is 3.96. The van der Waals surface area contributed by atoms with E-state index in [1.165, 1.54) is 0 Å². The van der Waals surface area contributed by atoms with Crippen LogP contribution >= 0.6 is 0 Å². The van der Waals surface area contributed by atoms with E-state index in [-0.39, 0.29) is 24.7 Å². The number of morpholine rings is 1. The van der Waals surface area contributed by atoms with Crippen molar-refractivity contribution in [2.75, 3.05) is 13.2 Å².